The number of benzene rings is 1. The molecule has 1 aromatic rings. The first-order valence-corrected chi connectivity index (χ1v) is 8.63. The molecular formula is C17H27N3S. The van der Waals surface area contributed by atoms with Crippen molar-refractivity contribution >= 4 is 16.9 Å². The smallest absolute Gasteiger partial charge is 0.159 e. The molecule has 0 atom stereocenters. The van der Waals surface area contributed by atoms with Gasteiger partial charge in [0.25, 0.3) is 0 Å². The van der Waals surface area contributed by atoms with Gasteiger partial charge in [0.05, 0.1) is 13.3 Å². The second-order valence-electron chi connectivity index (χ2n) is 5.82. The van der Waals surface area contributed by atoms with E-state index < -0.39 is 0 Å². The first-order valence-electron chi connectivity index (χ1n) is 7.65. The van der Waals surface area contributed by atoms with E-state index in [4.69, 9.17) is 0 Å². The van der Waals surface area contributed by atoms with Gasteiger partial charge in [-0.25, -0.2) is 4.99 Å². The third kappa shape index (κ3) is 3.43. The van der Waals surface area contributed by atoms with Crippen LogP contribution in [0.2, 0.25) is 0 Å². The fourth-order valence-electron chi connectivity index (χ4n) is 2.69. The molecule has 0 radical (unpaired) electrons. The molecule has 21 heavy (non-hydrogen) atoms. The molecule has 3 nitrogen and oxygen atoms in total. The van der Waals surface area contributed by atoms with Gasteiger partial charge in [0.15, 0.2) is 5.17 Å². The fraction of sp³-hybridized carbons (Fsp3) is 0.588. The molecule has 0 spiro atoms. The van der Waals surface area contributed by atoms with Crippen LogP contribution >= 0.6 is 11.8 Å². The fourth-order valence-corrected chi connectivity index (χ4v) is 3.72. The van der Waals surface area contributed by atoms with E-state index in [0.29, 0.717) is 0 Å². The number of nitrogens with zero attached hydrogens (tertiary/aromatic N) is 2. The molecule has 1 heterocycles. The van der Waals surface area contributed by atoms with Crippen LogP contribution in [0.1, 0.15) is 40.3 Å². The molecule has 0 amide bonds. The molecule has 1 aliphatic heterocycles. The van der Waals surface area contributed by atoms with E-state index in [1.54, 1.807) is 0 Å². The maximum Gasteiger partial charge on any atom is 0.159 e. The quantitative estimate of drug-likeness (QED) is 0.923. The normalized spacial score (nSPS) is 15.8. The number of aliphatic imine (C=N–C) groups is 1. The lowest BCUT2D eigenvalue weighted by Crippen LogP contribution is -2.41. The minimum absolute atomic E-state index is 0.815. The highest BCUT2D eigenvalue weighted by molar-refractivity contribution is 8.13. The predicted octanol–water partition coefficient (Wildman–Crippen LogP) is 3.66. The monoisotopic (exact) mass is 305 g/mol. The van der Waals surface area contributed by atoms with E-state index in [1.165, 1.54) is 33.4 Å². The average molecular weight is 305 g/mol. The highest BCUT2D eigenvalue weighted by atomic mass is 32.2. The Labute approximate surface area is 133 Å². The lowest BCUT2D eigenvalue weighted by atomic mass is 9.90. The molecule has 0 saturated carbocycles. The van der Waals surface area contributed by atoms with Crippen LogP contribution in [-0.2, 0) is 5.75 Å². The van der Waals surface area contributed by atoms with Crippen molar-refractivity contribution in [3.8, 4) is 0 Å². The molecule has 0 fully saturated rings. The summed E-state index contributed by atoms with van der Waals surface area (Å²) in [6.45, 7) is 16.1. The zero-order valence-corrected chi connectivity index (χ0v) is 14.9. The van der Waals surface area contributed by atoms with Gasteiger partial charge in [-0.15, -0.1) is 0 Å². The zero-order valence-electron chi connectivity index (χ0n) is 14.1. The Hall–Kier alpha value is -1.00. The van der Waals surface area contributed by atoms with Crippen molar-refractivity contribution in [1.29, 1.82) is 0 Å². The summed E-state index contributed by atoms with van der Waals surface area (Å²) in [4.78, 5) is 6.89. The van der Waals surface area contributed by atoms with E-state index in [2.05, 4.69) is 56.8 Å². The number of thioether (sulfide) groups is 1. The van der Waals surface area contributed by atoms with Crippen molar-refractivity contribution in [2.45, 2.75) is 47.3 Å². The van der Waals surface area contributed by atoms with Gasteiger partial charge in [-0.05, 0) is 74.5 Å². The molecular weight excluding hydrogens is 278 g/mol. The summed E-state index contributed by atoms with van der Waals surface area (Å²) in [6.07, 6.45) is 0. The Morgan fingerprint density at radius 1 is 1.00 bits per heavy atom. The van der Waals surface area contributed by atoms with Gasteiger partial charge in [0, 0.05) is 5.75 Å². The molecule has 1 aliphatic rings. The van der Waals surface area contributed by atoms with Crippen LogP contribution in [0, 0.1) is 34.6 Å². The lowest BCUT2D eigenvalue weighted by Gasteiger charge is -2.25. The van der Waals surface area contributed by atoms with Crippen molar-refractivity contribution in [2.24, 2.45) is 4.99 Å². The average Bonchev–Trinajstić information content (AvgIpc) is 2.51. The third-order valence-corrected chi connectivity index (χ3v) is 5.80. The van der Waals surface area contributed by atoms with Crippen molar-refractivity contribution in [3.05, 3.63) is 33.4 Å². The van der Waals surface area contributed by atoms with E-state index in [1.807, 2.05) is 11.8 Å². The van der Waals surface area contributed by atoms with E-state index in [-0.39, 0.29) is 0 Å². The number of hydrogen-bond acceptors (Lipinski definition) is 4. The molecule has 0 unspecified atom stereocenters. The molecule has 4 heteroatoms. The van der Waals surface area contributed by atoms with Crippen molar-refractivity contribution in [3.63, 3.8) is 0 Å². The number of hydrogen-bond donors (Lipinski definition) is 1. The number of nitrogens with one attached hydrogen (secondary N) is 1. The van der Waals surface area contributed by atoms with Crippen LogP contribution in [0.25, 0.3) is 0 Å². The summed E-state index contributed by atoms with van der Waals surface area (Å²) in [7, 11) is 0. The maximum atomic E-state index is 4.61. The number of amidine groups is 1. The predicted molar refractivity (Wildman–Crippen MR) is 94.1 cm³/mol. The summed E-state index contributed by atoms with van der Waals surface area (Å²) >= 11 is 1.83. The van der Waals surface area contributed by atoms with Crippen LogP contribution in [0.3, 0.4) is 0 Å². The van der Waals surface area contributed by atoms with E-state index in [0.717, 1.165) is 30.8 Å². The Balaban J connectivity index is 2.13. The van der Waals surface area contributed by atoms with Crippen LogP contribution < -0.4 is 5.32 Å². The molecule has 0 aliphatic carbocycles. The van der Waals surface area contributed by atoms with Gasteiger partial charge in [-0.3, -0.25) is 4.90 Å². The Morgan fingerprint density at radius 3 is 2.05 bits per heavy atom. The van der Waals surface area contributed by atoms with Gasteiger partial charge in [-0.1, -0.05) is 18.7 Å². The minimum Gasteiger partial charge on any atom is -0.352 e. The molecule has 116 valence electrons. The first kappa shape index (κ1) is 16.4. The SMILES string of the molecule is CCN1CN=C(SCc2c(C)c(C)c(C)c(C)c2C)NC1. The Kier molecular flexibility index (Phi) is 5.33. The van der Waals surface area contributed by atoms with Crippen LogP contribution in [0.5, 0.6) is 0 Å². The summed E-state index contributed by atoms with van der Waals surface area (Å²) in [5.74, 6) is 0.998. The van der Waals surface area contributed by atoms with Crippen LogP contribution in [-0.4, -0.2) is 29.9 Å². The Bertz CT molecular complexity index is 535. The van der Waals surface area contributed by atoms with Crippen molar-refractivity contribution < 1.29 is 0 Å². The van der Waals surface area contributed by atoms with Gasteiger partial charge in [0.2, 0.25) is 0 Å². The highest BCUT2D eigenvalue weighted by Crippen LogP contribution is 2.29. The molecule has 1 aromatic carbocycles. The summed E-state index contributed by atoms with van der Waals surface area (Å²) in [6, 6.07) is 0. The molecule has 0 saturated heterocycles. The van der Waals surface area contributed by atoms with Crippen LogP contribution in [0.4, 0.5) is 0 Å². The molecule has 2 rings (SSSR count). The van der Waals surface area contributed by atoms with E-state index in [9.17, 15) is 0 Å². The van der Waals surface area contributed by atoms with Crippen LogP contribution in [0.15, 0.2) is 4.99 Å². The highest BCUT2D eigenvalue weighted by Gasteiger charge is 2.15. The second-order valence-corrected chi connectivity index (χ2v) is 6.78. The summed E-state index contributed by atoms with van der Waals surface area (Å²) < 4.78 is 0. The summed E-state index contributed by atoms with van der Waals surface area (Å²) in [5.41, 5.74) is 8.66. The van der Waals surface area contributed by atoms with Gasteiger partial charge in [-0.2, -0.15) is 0 Å². The van der Waals surface area contributed by atoms with Gasteiger partial charge < -0.3 is 5.32 Å². The molecule has 0 bridgehead atoms. The van der Waals surface area contributed by atoms with Gasteiger partial charge >= 0.3 is 0 Å². The molecule has 1 N–H and O–H groups in total. The standard InChI is InChI=1S/C17H27N3S/c1-7-20-9-18-17(19-10-20)21-8-16-14(5)12(3)11(2)13(4)15(16)6/h7-10H2,1-6H3,(H,18,19). The maximum absolute atomic E-state index is 4.61. The largest absolute Gasteiger partial charge is 0.352 e. The Morgan fingerprint density at radius 2 is 1.57 bits per heavy atom. The zero-order chi connectivity index (χ0) is 15.6. The third-order valence-electron chi connectivity index (χ3n) is 4.82. The van der Waals surface area contributed by atoms with Crippen molar-refractivity contribution in [1.82, 2.24) is 10.2 Å². The van der Waals surface area contributed by atoms with Crippen molar-refractivity contribution in [2.75, 3.05) is 19.9 Å². The van der Waals surface area contributed by atoms with Gasteiger partial charge in [0.1, 0.15) is 0 Å². The number of rotatable bonds is 3. The first-order chi connectivity index (χ1) is 9.95. The summed E-state index contributed by atoms with van der Waals surface area (Å²) in [5, 5.41) is 4.49. The second kappa shape index (κ2) is 6.84. The lowest BCUT2D eigenvalue weighted by molar-refractivity contribution is 0.281. The topological polar surface area (TPSA) is 27.6 Å². The van der Waals surface area contributed by atoms with E-state index >= 15 is 0 Å². The minimum atomic E-state index is 0.815. The molecule has 0 aromatic heterocycles.